The molecular formula is C18H20N6O2S. The number of carbonyl (C=O) groups excluding carboxylic acids is 1. The van der Waals surface area contributed by atoms with Gasteiger partial charge in [0.1, 0.15) is 29.5 Å². The zero-order chi connectivity index (χ0) is 19.1. The minimum absolute atomic E-state index is 0.137. The zero-order valence-corrected chi connectivity index (χ0v) is 16.3. The highest BCUT2D eigenvalue weighted by molar-refractivity contribution is 7.19. The lowest BCUT2D eigenvalue weighted by atomic mass is 10.1. The second-order valence-corrected chi connectivity index (χ2v) is 7.51. The first-order valence-corrected chi connectivity index (χ1v) is 9.46. The molecule has 0 aliphatic carbocycles. The molecule has 3 aromatic rings. The molecule has 2 N–H and O–H groups in total. The molecule has 0 bridgehead atoms. The summed E-state index contributed by atoms with van der Waals surface area (Å²) in [5.74, 6) is 1.38. The van der Waals surface area contributed by atoms with Crippen molar-refractivity contribution in [3.8, 4) is 27.6 Å². The quantitative estimate of drug-likeness (QED) is 0.714. The number of amides is 1. The standard InChI is InChI=1S/C18H20N6O2S/c1-9(2)24-15-16(14(23-24)11-5-6-13(19-4)20-7-11)26-8-12-17(15)27-18(22-12)21-10(3)25/h5-7,9H,8H2,1-4H3,(H,19,20)(H,21,22,25). The molecule has 1 amide bonds. The van der Waals surface area contributed by atoms with Crippen LogP contribution in [0.2, 0.25) is 0 Å². The van der Waals surface area contributed by atoms with E-state index < -0.39 is 0 Å². The van der Waals surface area contributed by atoms with Crippen molar-refractivity contribution in [2.45, 2.75) is 33.4 Å². The van der Waals surface area contributed by atoms with Crippen LogP contribution in [0, 0.1) is 0 Å². The number of rotatable bonds is 4. The van der Waals surface area contributed by atoms with Gasteiger partial charge >= 0.3 is 0 Å². The third-order valence-corrected chi connectivity index (χ3v) is 5.22. The van der Waals surface area contributed by atoms with Crippen LogP contribution in [0.15, 0.2) is 18.3 Å². The Labute approximate surface area is 160 Å². The fourth-order valence-electron chi connectivity index (χ4n) is 2.99. The summed E-state index contributed by atoms with van der Waals surface area (Å²) in [5, 5.41) is 11.2. The van der Waals surface area contributed by atoms with Gasteiger partial charge in [-0.1, -0.05) is 11.3 Å². The van der Waals surface area contributed by atoms with Crippen LogP contribution < -0.4 is 15.4 Å². The number of nitrogens with one attached hydrogen (secondary N) is 2. The monoisotopic (exact) mass is 384 g/mol. The molecule has 8 nitrogen and oxygen atoms in total. The molecule has 1 aliphatic heterocycles. The molecule has 4 rings (SSSR count). The highest BCUT2D eigenvalue weighted by Gasteiger charge is 2.31. The topological polar surface area (TPSA) is 94.0 Å². The van der Waals surface area contributed by atoms with Gasteiger partial charge in [-0.05, 0) is 26.0 Å². The van der Waals surface area contributed by atoms with E-state index in [0.717, 1.165) is 39.1 Å². The summed E-state index contributed by atoms with van der Waals surface area (Å²) < 4.78 is 7.99. The molecule has 0 atom stereocenters. The first-order chi connectivity index (χ1) is 13.0. The number of carbonyl (C=O) groups is 1. The predicted molar refractivity (Wildman–Crippen MR) is 105 cm³/mol. The van der Waals surface area contributed by atoms with E-state index in [2.05, 4.69) is 34.4 Å². The van der Waals surface area contributed by atoms with Gasteiger partial charge in [0.05, 0.1) is 4.88 Å². The van der Waals surface area contributed by atoms with Crippen molar-refractivity contribution in [2.24, 2.45) is 0 Å². The molecule has 9 heteroatoms. The third kappa shape index (κ3) is 3.03. The fourth-order valence-corrected chi connectivity index (χ4v) is 4.04. The summed E-state index contributed by atoms with van der Waals surface area (Å²) in [6.45, 7) is 5.96. The Hall–Kier alpha value is -2.94. The molecule has 140 valence electrons. The minimum Gasteiger partial charge on any atom is -0.483 e. The Morgan fingerprint density at radius 2 is 2.19 bits per heavy atom. The van der Waals surface area contributed by atoms with Crippen molar-refractivity contribution >= 4 is 28.2 Å². The van der Waals surface area contributed by atoms with E-state index in [1.54, 1.807) is 6.20 Å². The Kier molecular flexibility index (Phi) is 4.31. The van der Waals surface area contributed by atoms with E-state index in [1.807, 2.05) is 23.9 Å². The second kappa shape index (κ2) is 6.66. The van der Waals surface area contributed by atoms with Gasteiger partial charge in [0.25, 0.3) is 0 Å². The number of ether oxygens (including phenoxy) is 1. The van der Waals surface area contributed by atoms with Crippen molar-refractivity contribution in [1.29, 1.82) is 0 Å². The molecular weight excluding hydrogens is 364 g/mol. The maximum absolute atomic E-state index is 11.4. The van der Waals surface area contributed by atoms with E-state index in [4.69, 9.17) is 9.84 Å². The number of anilines is 2. The highest BCUT2D eigenvalue weighted by atomic mass is 32.1. The van der Waals surface area contributed by atoms with Crippen molar-refractivity contribution < 1.29 is 9.53 Å². The lowest BCUT2D eigenvalue weighted by molar-refractivity contribution is -0.114. The van der Waals surface area contributed by atoms with E-state index in [-0.39, 0.29) is 11.9 Å². The number of hydrogen-bond acceptors (Lipinski definition) is 7. The van der Waals surface area contributed by atoms with Gasteiger partial charge in [-0.15, -0.1) is 0 Å². The van der Waals surface area contributed by atoms with Gasteiger partial charge < -0.3 is 15.4 Å². The van der Waals surface area contributed by atoms with Gasteiger partial charge in [-0.3, -0.25) is 9.48 Å². The van der Waals surface area contributed by atoms with E-state index in [9.17, 15) is 4.79 Å². The summed E-state index contributed by atoms with van der Waals surface area (Å²) in [7, 11) is 1.83. The summed E-state index contributed by atoms with van der Waals surface area (Å²) in [6, 6.07) is 4.02. The Morgan fingerprint density at radius 1 is 1.37 bits per heavy atom. The average molecular weight is 384 g/mol. The van der Waals surface area contributed by atoms with E-state index in [1.165, 1.54) is 18.3 Å². The molecule has 0 radical (unpaired) electrons. The van der Waals surface area contributed by atoms with Crippen LogP contribution in [-0.2, 0) is 11.4 Å². The van der Waals surface area contributed by atoms with E-state index >= 15 is 0 Å². The summed E-state index contributed by atoms with van der Waals surface area (Å²) in [5.41, 5.74) is 3.36. The largest absolute Gasteiger partial charge is 0.483 e. The Bertz CT molecular complexity index is 1010. The van der Waals surface area contributed by atoms with Crippen molar-refractivity contribution in [1.82, 2.24) is 19.7 Å². The molecule has 0 spiro atoms. The lowest BCUT2D eigenvalue weighted by Crippen LogP contribution is -2.09. The SMILES string of the molecule is CNc1ccc(-c2nn(C(C)C)c3c2OCc2nc(NC(C)=O)sc2-3)cn1. The van der Waals surface area contributed by atoms with Crippen LogP contribution >= 0.6 is 11.3 Å². The molecule has 0 aromatic carbocycles. The number of pyridine rings is 1. The van der Waals surface area contributed by atoms with Crippen LogP contribution in [0.5, 0.6) is 5.75 Å². The Balaban J connectivity index is 1.85. The number of aromatic nitrogens is 4. The predicted octanol–water partition coefficient (Wildman–Crippen LogP) is 3.54. The number of nitrogens with zero attached hydrogens (tertiary/aromatic N) is 4. The smallest absolute Gasteiger partial charge is 0.223 e. The van der Waals surface area contributed by atoms with Crippen molar-refractivity contribution in [2.75, 3.05) is 17.7 Å². The van der Waals surface area contributed by atoms with Crippen LogP contribution in [0.1, 0.15) is 32.5 Å². The van der Waals surface area contributed by atoms with Gasteiger partial charge in [-0.25, -0.2) is 9.97 Å². The average Bonchev–Trinajstić information content (AvgIpc) is 3.21. The summed E-state index contributed by atoms with van der Waals surface area (Å²) in [6.07, 6.45) is 1.79. The van der Waals surface area contributed by atoms with Gasteiger partial charge in [-0.2, -0.15) is 5.10 Å². The number of hydrogen-bond donors (Lipinski definition) is 2. The van der Waals surface area contributed by atoms with Gasteiger partial charge in [0.2, 0.25) is 5.91 Å². The van der Waals surface area contributed by atoms with Gasteiger partial charge in [0.15, 0.2) is 10.9 Å². The number of thiazole rings is 1. The zero-order valence-electron chi connectivity index (χ0n) is 15.5. The molecule has 27 heavy (non-hydrogen) atoms. The maximum Gasteiger partial charge on any atom is 0.223 e. The molecule has 0 saturated carbocycles. The molecule has 1 aliphatic rings. The lowest BCUT2D eigenvalue weighted by Gasteiger charge is -2.16. The molecule has 0 fully saturated rings. The minimum atomic E-state index is -0.143. The van der Waals surface area contributed by atoms with Crippen LogP contribution in [0.25, 0.3) is 21.8 Å². The molecule has 3 aromatic heterocycles. The maximum atomic E-state index is 11.4. The van der Waals surface area contributed by atoms with E-state index in [0.29, 0.717) is 11.7 Å². The molecule has 0 saturated heterocycles. The van der Waals surface area contributed by atoms with Crippen LogP contribution in [-0.4, -0.2) is 32.7 Å². The van der Waals surface area contributed by atoms with Crippen molar-refractivity contribution in [3.63, 3.8) is 0 Å². The highest BCUT2D eigenvalue weighted by Crippen LogP contribution is 2.47. The fraction of sp³-hybridized carbons (Fsp3) is 0.333. The third-order valence-electron chi connectivity index (χ3n) is 4.20. The second-order valence-electron chi connectivity index (χ2n) is 6.51. The van der Waals surface area contributed by atoms with Gasteiger partial charge in [0, 0.05) is 31.8 Å². The van der Waals surface area contributed by atoms with Crippen molar-refractivity contribution in [3.05, 3.63) is 24.0 Å². The summed E-state index contributed by atoms with van der Waals surface area (Å²) in [4.78, 5) is 21.2. The molecule has 0 unspecified atom stereocenters. The first kappa shape index (κ1) is 17.5. The molecule has 4 heterocycles. The summed E-state index contributed by atoms with van der Waals surface area (Å²) >= 11 is 1.44. The van der Waals surface area contributed by atoms with Crippen LogP contribution in [0.3, 0.4) is 0 Å². The number of fused-ring (bicyclic) bond motifs is 3. The Morgan fingerprint density at radius 3 is 2.81 bits per heavy atom. The first-order valence-electron chi connectivity index (χ1n) is 8.65. The normalized spacial score (nSPS) is 12.3. The van der Waals surface area contributed by atoms with Crippen LogP contribution in [0.4, 0.5) is 10.9 Å².